The molecule has 3 nitrogen and oxygen atoms in total. The molecule has 2 aromatic rings. The van der Waals surface area contributed by atoms with Crippen LogP contribution in [-0.4, -0.2) is 11.1 Å². The zero-order chi connectivity index (χ0) is 15.4. The molecular formula is C17H19NO2PS+. The second kappa shape index (κ2) is 7.28. The lowest BCUT2D eigenvalue weighted by Crippen LogP contribution is -2.03. The number of rotatable bonds is 6. The van der Waals surface area contributed by atoms with Crippen LogP contribution in [0.5, 0.6) is 0 Å². The Morgan fingerprint density at radius 3 is 2.68 bits per heavy atom. The zero-order valence-corrected chi connectivity index (χ0v) is 14.0. The Labute approximate surface area is 136 Å². The Morgan fingerprint density at radius 1 is 1.00 bits per heavy atom. The lowest BCUT2D eigenvalue weighted by Gasteiger charge is -2.23. The number of para-hydroxylation sites is 2. The highest BCUT2D eigenvalue weighted by Gasteiger charge is 2.17. The van der Waals surface area contributed by atoms with Gasteiger partial charge in [0.25, 0.3) is 0 Å². The molecule has 1 unspecified atom stereocenters. The summed E-state index contributed by atoms with van der Waals surface area (Å²) in [6, 6.07) is 14.8. The van der Waals surface area contributed by atoms with Crippen LogP contribution >= 0.6 is 19.8 Å². The van der Waals surface area contributed by atoms with E-state index in [1.54, 1.807) is 0 Å². The van der Waals surface area contributed by atoms with E-state index in [1.807, 2.05) is 11.8 Å². The van der Waals surface area contributed by atoms with Gasteiger partial charge in [0.15, 0.2) is 6.16 Å². The maximum Gasteiger partial charge on any atom is 0.505 e. The average molecular weight is 332 g/mol. The van der Waals surface area contributed by atoms with E-state index in [9.17, 15) is 4.57 Å². The quantitative estimate of drug-likeness (QED) is 0.472. The molecule has 1 aliphatic rings. The highest BCUT2D eigenvalue weighted by molar-refractivity contribution is 7.99. The summed E-state index contributed by atoms with van der Waals surface area (Å²) in [4.78, 5) is 11.4. The zero-order valence-electron chi connectivity index (χ0n) is 12.3. The molecule has 0 bridgehead atoms. The van der Waals surface area contributed by atoms with Gasteiger partial charge in [-0.3, -0.25) is 0 Å². The van der Waals surface area contributed by atoms with E-state index in [2.05, 4.69) is 47.8 Å². The van der Waals surface area contributed by atoms with Crippen molar-refractivity contribution in [2.24, 2.45) is 0 Å². The topological polar surface area (TPSA) is 49.3 Å². The lowest BCUT2D eigenvalue weighted by molar-refractivity contribution is 0.499. The molecule has 2 aromatic carbocycles. The Bertz CT molecular complexity index is 690. The SMILES string of the molecule is O=[P+](O)CCCCCc1cccc2c1Nc1ccccc1S2. The fourth-order valence-corrected chi connectivity index (χ4v) is 4.20. The smallest absolute Gasteiger partial charge is 0.353 e. The van der Waals surface area contributed by atoms with E-state index in [1.165, 1.54) is 26.7 Å². The number of unbranched alkanes of at least 4 members (excludes halogenated alkanes) is 2. The molecule has 5 heteroatoms. The van der Waals surface area contributed by atoms with Crippen molar-refractivity contribution in [3.05, 3.63) is 48.0 Å². The minimum absolute atomic E-state index is 0.420. The summed E-state index contributed by atoms with van der Waals surface area (Å²) >= 11 is 1.81. The number of anilines is 2. The van der Waals surface area contributed by atoms with Gasteiger partial charge in [0.2, 0.25) is 0 Å². The predicted molar refractivity (Wildman–Crippen MR) is 92.5 cm³/mol. The average Bonchev–Trinajstić information content (AvgIpc) is 2.52. The summed E-state index contributed by atoms with van der Waals surface area (Å²) in [5.41, 5.74) is 3.72. The molecule has 114 valence electrons. The van der Waals surface area contributed by atoms with Crippen LogP contribution in [0.15, 0.2) is 52.3 Å². The molecule has 0 aliphatic carbocycles. The number of hydrogen-bond donors (Lipinski definition) is 2. The number of nitrogens with one attached hydrogen (secondary N) is 1. The molecule has 0 radical (unpaired) electrons. The maximum absolute atomic E-state index is 10.7. The summed E-state index contributed by atoms with van der Waals surface area (Å²) in [7, 11) is -1.97. The third-order valence-corrected chi connectivity index (χ3v) is 5.61. The van der Waals surface area contributed by atoms with Crippen molar-refractivity contribution in [1.82, 2.24) is 0 Å². The van der Waals surface area contributed by atoms with Gasteiger partial charge < -0.3 is 5.32 Å². The first-order valence-corrected chi connectivity index (χ1v) is 9.75. The van der Waals surface area contributed by atoms with Crippen LogP contribution in [0.1, 0.15) is 24.8 Å². The Kier molecular flexibility index (Phi) is 5.14. The third kappa shape index (κ3) is 3.70. The summed E-state index contributed by atoms with van der Waals surface area (Å²) in [5.74, 6) is 0. The minimum atomic E-state index is -1.97. The molecule has 0 saturated heterocycles. The lowest BCUT2D eigenvalue weighted by atomic mass is 10.0. The summed E-state index contributed by atoms with van der Waals surface area (Å²) < 4.78 is 10.7. The largest absolute Gasteiger partial charge is 0.505 e. The van der Waals surface area contributed by atoms with Crippen molar-refractivity contribution < 1.29 is 9.46 Å². The van der Waals surface area contributed by atoms with Crippen LogP contribution < -0.4 is 5.32 Å². The van der Waals surface area contributed by atoms with Crippen LogP contribution in [-0.2, 0) is 11.0 Å². The number of aryl methyl sites for hydroxylation is 1. The molecule has 2 N–H and O–H groups in total. The Hall–Kier alpha value is -1.35. The molecule has 0 spiro atoms. The molecule has 1 heterocycles. The third-order valence-electron chi connectivity index (χ3n) is 3.77. The Balaban J connectivity index is 1.66. The van der Waals surface area contributed by atoms with E-state index in [0.29, 0.717) is 6.16 Å². The van der Waals surface area contributed by atoms with E-state index in [-0.39, 0.29) is 0 Å². The van der Waals surface area contributed by atoms with Crippen molar-refractivity contribution in [3.63, 3.8) is 0 Å². The van der Waals surface area contributed by atoms with Crippen molar-refractivity contribution in [2.75, 3.05) is 11.5 Å². The summed E-state index contributed by atoms with van der Waals surface area (Å²) in [5, 5.41) is 3.56. The molecule has 1 aliphatic heterocycles. The molecular weight excluding hydrogens is 313 g/mol. The van der Waals surface area contributed by atoms with Crippen LogP contribution in [0.3, 0.4) is 0 Å². The fraction of sp³-hybridized carbons (Fsp3) is 0.294. The van der Waals surface area contributed by atoms with E-state index < -0.39 is 8.03 Å². The normalized spacial score (nSPS) is 13.0. The number of hydrogen-bond acceptors (Lipinski definition) is 3. The van der Waals surface area contributed by atoms with Crippen molar-refractivity contribution >= 4 is 31.2 Å². The summed E-state index contributed by atoms with van der Waals surface area (Å²) in [6.07, 6.45) is 4.29. The number of benzene rings is 2. The van der Waals surface area contributed by atoms with Crippen LogP contribution in [0.2, 0.25) is 0 Å². The Morgan fingerprint density at radius 2 is 1.82 bits per heavy atom. The highest BCUT2D eigenvalue weighted by atomic mass is 32.2. The number of fused-ring (bicyclic) bond motifs is 2. The molecule has 22 heavy (non-hydrogen) atoms. The van der Waals surface area contributed by atoms with Gasteiger partial charge in [0.05, 0.1) is 11.4 Å². The predicted octanol–water partition coefficient (Wildman–Crippen LogP) is 5.34. The van der Waals surface area contributed by atoms with Gasteiger partial charge in [-0.2, -0.15) is 4.89 Å². The van der Waals surface area contributed by atoms with Gasteiger partial charge >= 0.3 is 8.03 Å². The highest BCUT2D eigenvalue weighted by Crippen LogP contribution is 2.45. The van der Waals surface area contributed by atoms with Crippen molar-refractivity contribution in [2.45, 2.75) is 35.5 Å². The summed E-state index contributed by atoms with van der Waals surface area (Å²) in [6.45, 7) is 0. The standard InChI is InChI=1S/C17H18NO2PS/c19-21(20)12-5-1-2-7-13-8-6-11-16-17(13)18-14-9-3-4-10-15(14)22-16/h3-4,6,8-11,18H,1-2,5,7,12H2/p+1. The second-order valence-corrected chi connectivity index (χ2v) is 7.64. The van der Waals surface area contributed by atoms with Crippen LogP contribution in [0.4, 0.5) is 11.4 Å². The molecule has 0 amide bonds. The second-order valence-electron chi connectivity index (χ2n) is 5.40. The first-order valence-electron chi connectivity index (χ1n) is 7.53. The van der Waals surface area contributed by atoms with Gasteiger partial charge in [0, 0.05) is 9.79 Å². The van der Waals surface area contributed by atoms with Gasteiger partial charge in [-0.15, -0.1) is 0 Å². The van der Waals surface area contributed by atoms with Crippen molar-refractivity contribution in [1.29, 1.82) is 0 Å². The van der Waals surface area contributed by atoms with Gasteiger partial charge in [-0.1, -0.05) is 36.0 Å². The maximum atomic E-state index is 10.7. The van der Waals surface area contributed by atoms with E-state index in [0.717, 1.165) is 25.7 Å². The molecule has 0 aromatic heterocycles. The van der Waals surface area contributed by atoms with Crippen LogP contribution in [0, 0.1) is 0 Å². The molecule has 0 saturated carbocycles. The van der Waals surface area contributed by atoms with Gasteiger partial charge in [0.1, 0.15) is 0 Å². The van der Waals surface area contributed by atoms with E-state index >= 15 is 0 Å². The van der Waals surface area contributed by atoms with Gasteiger partial charge in [-0.05, 0) is 54.0 Å². The molecule has 3 rings (SSSR count). The first-order chi connectivity index (χ1) is 10.7. The fourth-order valence-electron chi connectivity index (χ4n) is 2.66. The molecule has 0 fully saturated rings. The monoisotopic (exact) mass is 332 g/mol. The minimum Gasteiger partial charge on any atom is -0.353 e. The van der Waals surface area contributed by atoms with Crippen molar-refractivity contribution in [3.8, 4) is 0 Å². The van der Waals surface area contributed by atoms with Gasteiger partial charge in [-0.25, -0.2) is 0 Å². The van der Waals surface area contributed by atoms with E-state index in [4.69, 9.17) is 4.89 Å². The first kappa shape index (κ1) is 15.5. The van der Waals surface area contributed by atoms with Crippen LogP contribution in [0.25, 0.3) is 0 Å². The molecule has 1 atom stereocenters.